The number of hydrogen-bond acceptors (Lipinski definition) is 0. The molecule has 2 unspecified atom stereocenters. The summed E-state index contributed by atoms with van der Waals surface area (Å²) >= 11 is 0. The van der Waals surface area contributed by atoms with Crippen LogP contribution in [0.4, 0.5) is 0 Å². The third-order valence-corrected chi connectivity index (χ3v) is 11.2. The highest BCUT2D eigenvalue weighted by atomic mass is 14.7. The van der Waals surface area contributed by atoms with Crippen molar-refractivity contribution in [2.24, 2.45) is 0 Å². The molecule has 0 saturated carbocycles. The first-order valence-electron chi connectivity index (χ1n) is 14.1. The van der Waals surface area contributed by atoms with Crippen LogP contribution in [0.3, 0.4) is 0 Å². The van der Waals surface area contributed by atoms with Crippen LogP contribution in [0.25, 0.3) is 11.1 Å². The number of hydrogen-bond donors (Lipinski definition) is 0. The van der Waals surface area contributed by atoms with Crippen LogP contribution in [0.5, 0.6) is 0 Å². The van der Waals surface area contributed by atoms with Crippen molar-refractivity contribution < 1.29 is 0 Å². The van der Waals surface area contributed by atoms with E-state index in [1.807, 2.05) is 0 Å². The highest BCUT2D eigenvalue weighted by Gasteiger charge is 2.65. The molecule has 2 spiro atoms. The Kier molecular flexibility index (Phi) is 3.36. The lowest BCUT2D eigenvalue weighted by Crippen LogP contribution is -2.51. The molecule has 0 amide bonds. The second kappa shape index (κ2) is 6.02. The lowest BCUT2D eigenvalue weighted by Gasteiger charge is -2.60. The van der Waals surface area contributed by atoms with Crippen molar-refractivity contribution in [3.8, 4) is 0 Å². The molecule has 180 valence electrons. The van der Waals surface area contributed by atoms with Crippen molar-refractivity contribution in [3.63, 3.8) is 0 Å². The highest BCUT2D eigenvalue weighted by molar-refractivity contribution is 6.14. The Morgan fingerprint density at radius 2 is 0.811 bits per heavy atom. The van der Waals surface area contributed by atoms with Crippen molar-refractivity contribution in [2.45, 2.75) is 68.6 Å². The van der Waals surface area contributed by atoms with Gasteiger partial charge in [0.05, 0.1) is 0 Å². The summed E-state index contributed by atoms with van der Waals surface area (Å²) < 4.78 is 0. The third kappa shape index (κ3) is 1.91. The van der Waals surface area contributed by atoms with Crippen molar-refractivity contribution in [1.29, 1.82) is 0 Å². The Labute approximate surface area is 220 Å². The van der Waals surface area contributed by atoms with Gasteiger partial charge in [0.25, 0.3) is 0 Å². The van der Waals surface area contributed by atoms with Crippen LogP contribution in [-0.2, 0) is 21.7 Å². The molecule has 2 atom stereocenters. The molecule has 0 radical (unpaired) electrons. The monoisotopic (exact) mass is 476 g/mol. The minimum absolute atomic E-state index is 0.0203. The minimum atomic E-state index is 0.0203. The van der Waals surface area contributed by atoms with Gasteiger partial charge < -0.3 is 0 Å². The van der Waals surface area contributed by atoms with Gasteiger partial charge in [-0.15, -0.1) is 0 Å². The smallest absolute Gasteiger partial charge is 0.0472 e. The van der Waals surface area contributed by atoms with Gasteiger partial charge in [0.1, 0.15) is 0 Å². The lowest BCUT2D eigenvalue weighted by atomic mass is 9.42. The van der Waals surface area contributed by atoms with Gasteiger partial charge in [0.15, 0.2) is 0 Å². The average Bonchev–Trinajstić information content (AvgIpc) is 3.00. The molecule has 0 aromatic heterocycles. The number of allylic oxidation sites excluding steroid dienone is 2. The average molecular weight is 477 g/mol. The van der Waals surface area contributed by atoms with Gasteiger partial charge in [-0.3, -0.25) is 0 Å². The fraction of sp³-hybridized carbons (Fsp3) is 0.297. The summed E-state index contributed by atoms with van der Waals surface area (Å²) in [5, 5.41) is 0. The molecular weight excluding hydrogens is 444 g/mol. The second-order valence-corrected chi connectivity index (χ2v) is 13.2. The number of benzene rings is 4. The van der Waals surface area contributed by atoms with Crippen LogP contribution >= 0.6 is 0 Å². The van der Waals surface area contributed by atoms with Gasteiger partial charge in [0, 0.05) is 21.7 Å². The molecule has 9 rings (SSSR count). The van der Waals surface area contributed by atoms with Crippen molar-refractivity contribution in [1.82, 2.24) is 0 Å². The normalized spacial score (nSPS) is 27.7. The summed E-state index contributed by atoms with van der Waals surface area (Å²) in [5.41, 5.74) is 19.0. The van der Waals surface area contributed by atoms with Gasteiger partial charge in [-0.05, 0) is 79.6 Å². The molecule has 0 bridgehead atoms. The van der Waals surface area contributed by atoms with Crippen molar-refractivity contribution in [3.05, 3.63) is 141 Å². The molecular formula is C37H32. The zero-order valence-electron chi connectivity index (χ0n) is 22.2. The van der Waals surface area contributed by atoms with E-state index in [0.29, 0.717) is 0 Å². The Morgan fingerprint density at radius 1 is 0.432 bits per heavy atom. The maximum absolute atomic E-state index is 2.46. The summed E-state index contributed by atoms with van der Waals surface area (Å²) in [6, 6.07) is 33.2. The maximum Gasteiger partial charge on any atom is 0.0472 e. The predicted octanol–water partition coefficient (Wildman–Crippen LogP) is 8.66. The van der Waals surface area contributed by atoms with Crippen LogP contribution in [0, 0.1) is 0 Å². The van der Waals surface area contributed by atoms with E-state index in [2.05, 4.69) is 113 Å². The quantitative estimate of drug-likeness (QED) is 0.238. The largest absolute Gasteiger partial charge is 0.0619 e. The molecule has 0 heteroatoms. The SMILES string of the molecule is CC1(C)c2ccccc2C23CCCC45C(=C2c2cccc1c23)c1cccc(c14)C(C)(C)c1ccccc15. The van der Waals surface area contributed by atoms with Crippen molar-refractivity contribution >= 4 is 11.1 Å². The molecule has 0 aliphatic heterocycles. The first-order valence-corrected chi connectivity index (χ1v) is 14.1. The Balaban J connectivity index is 1.48. The molecule has 0 fully saturated rings. The summed E-state index contributed by atoms with van der Waals surface area (Å²) in [5.74, 6) is 0. The van der Waals surface area contributed by atoms with Crippen LogP contribution in [0.15, 0.2) is 84.9 Å². The molecule has 5 aliphatic rings. The lowest BCUT2D eigenvalue weighted by molar-refractivity contribution is 0.444. The summed E-state index contributed by atoms with van der Waals surface area (Å²) in [6.07, 6.45) is 3.65. The van der Waals surface area contributed by atoms with Gasteiger partial charge in [-0.1, -0.05) is 119 Å². The van der Waals surface area contributed by atoms with Crippen LogP contribution in [-0.4, -0.2) is 0 Å². The number of rotatable bonds is 0. The fourth-order valence-electron chi connectivity index (χ4n) is 9.78. The van der Waals surface area contributed by atoms with Gasteiger partial charge in [-0.25, -0.2) is 0 Å². The van der Waals surface area contributed by atoms with E-state index in [-0.39, 0.29) is 21.7 Å². The van der Waals surface area contributed by atoms with Crippen LogP contribution in [0.1, 0.15) is 103 Å². The topological polar surface area (TPSA) is 0 Å². The zero-order chi connectivity index (χ0) is 24.9. The molecule has 0 N–H and O–H groups in total. The standard InChI is InChI=1S/C37H32/c1-34(2)24-14-5-7-16-26(24)36-20-11-21-37-27-17-8-6-15-25(27)35(3,4)29-19-10-13-23(31(29)37)33(37)32(36)22-12-9-18-28(34)30(22)36/h5-10,12-19H,11,20-21H2,1-4H3. The molecule has 0 saturated heterocycles. The van der Waals surface area contributed by atoms with Crippen molar-refractivity contribution in [2.75, 3.05) is 0 Å². The Hall–Kier alpha value is -3.38. The highest BCUT2D eigenvalue weighted by Crippen LogP contribution is 2.75. The van der Waals surface area contributed by atoms with Crippen LogP contribution in [0.2, 0.25) is 0 Å². The van der Waals surface area contributed by atoms with Gasteiger partial charge in [-0.2, -0.15) is 0 Å². The summed E-state index contributed by atoms with van der Waals surface area (Å²) in [6.45, 7) is 9.73. The number of fused-ring (bicyclic) bond motifs is 4. The molecule has 4 aromatic carbocycles. The van der Waals surface area contributed by atoms with E-state index in [1.54, 1.807) is 44.5 Å². The van der Waals surface area contributed by atoms with E-state index in [0.717, 1.165) is 0 Å². The van der Waals surface area contributed by atoms with E-state index < -0.39 is 0 Å². The van der Waals surface area contributed by atoms with E-state index >= 15 is 0 Å². The summed E-state index contributed by atoms with van der Waals surface area (Å²) in [4.78, 5) is 0. The van der Waals surface area contributed by atoms with Gasteiger partial charge >= 0.3 is 0 Å². The van der Waals surface area contributed by atoms with E-state index in [4.69, 9.17) is 0 Å². The molecule has 4 aromatic rings. The summed E-state index contributed by atoms with van der Waals surface area (Å²) in [7, 11) is 0. The first-order chi connectivity index (χ1) is 17.9. The Bertz CT molecular complexity index is 1630. The molecule has 0 nitrogen and oxygen atoms in total. The zero-order valence-corrected chi connectivity index (χ0v) is 22.2. The molecule has 5 aliphatic carbocycles. The Morgan fingerprint density at radius 3 is 1.24 bits per heavy atom. The van der Waals surface area contributed by atoms with E-state index in [1.165, 1.54) is 41.5 Å². The van der Waals surface area contributed by atoms with Gasteiger partial charge in [0.2, 0.25) is 0 Å². The minimum Gasteiger partial charge on any atom is -0.0619 e. The second-order valence-electron chi connectivity index (χ2n) is 13.2. The molecule has 37 heavy (non-hydrogen) atoms. The van der Waals surface area contributed by atoms with Crippen LogP contribution < -0.4 is 0 Å². The maximum atomic E-state index is 2.46. The van der Waals surface area contributed by atoms with E-state index in [9.17, 15) is 0 Å². The first kappa shape index (κ1) is 20.7. The third-order valence-electron chi connectivity index (χ3n) is 11.2. The predicted molar refractivity (Wildman–Crippen MR) is 152 cm³/mol. The fourth-order valence-corrected chi connectivity index (χ4v) is 9.78. The molecule has 0 heterocycles.